The highest BCUT2D eigenvalue weighted by Gasteiger charge is 2.46. The third-order valence-electron chi connectivity index (χ3n) is 2.94. The topological polar surface area (TPSA) is 95.3 Å². The lowest BCUT2D eigenvalue weighted by Gasteiger charge is -2.46. The second kappa shape index (κ2) is 4.32. The number of hydrogen-bond donors (Lipinski definition) is 3. The highest BCUT2D eigenvalue weighted by molar-refractivity contribution is 8.02. The Bertz CT molecular complexity index is 530. The lowest BCUT2D eigenvalue weighted by atomic mass is 10.1. The van der Waals surface area contributed by atoms with Gasteiger partial charge in [0.25, 0.3) is 5.56 Å². The van der Waals surface area contributed by atoms with Crippen LogP contribution in [0.15, 0.2) is 15.8 Å². The highest BCUT2D eigenvalue weighted by Crippen LogP contribution is 2.49. The molecule has 1 aromatic heterocycles. The summed E-state index contributed by atoms with van der Waals surface area (Å²) in [5.74, 6) is 0. The maximum absolute atomic E-state index is 11.7. The SMILES string of the molecule is Cc1cn([C@@]2(CO)C[C@@H](CO)S2)c(=O)[nH]c1=O. The quantitative estimate of drug-likeness (QED) is 0.645. The van der Waals surface area contributed by atoms with Gasteiger partial charge in [0.2, 0.25) is 0 Å². The number of aliphatic hydroxyl groups excluding tert-OH is 2. The molecule has 94 valence electrons. The molecule has 2 rings (SSSR count). The third kappa shape index (κ3) is 1.94. The van der Waals surface area contributed by atoms with E-state index < -0.39 is 16.1 Å². The van der Waals surface area contributed by atoms with Crippen molar-refractivity contribution >= 4 is 11.8 Å². The lowest BCUT2D eigenvalue weighted by molar-refractivity contribution is 0.160. The molecule has 1 aliphatic heterocycles. The fourth-order valence-electron chi connectivity index (χ4n) is 1.96. The van der Waals surface area contributed by atoms with Gasteiger partial charge in [0, 0.05) is 17.0 Å². The van der Waals surface area contributed by atoms with Crippen molar-refractivity contribution in [2.45, 2.75) is 23.5 Å². The summed E-state index contributed by atoms with van der Waals surface area (Å²) in [4.78, 5) is 24.4. The molecule has 0 spiro atoms. The third-order valence-corrected chi connectivity index (χ3v) is 4.52. The van der Waals surface area contributed by atoms with Crippen LogP contribution in [0.4, 0.5) is 0 Å². The molecule has 17 heavy (non-hydrogen) atoms. The number of rotatable bonds is 3. The Morgan fingerprint density at radius 2 is 2.24 bits per heavy atom. The fourth-order valence-corrected chi connectivity index (χ4v) is 3.34. The van der Waals surface area contributed by atoms with Crippen molar-refractivity contribution < 1.29 is 10.2 Å². The van der Waals surface area contributed by atoms with E-state index in [9.17, 15) is 14.7 Å². The van der Waals surface area contributed by atoms with E-state index in [4.69, 9.17) is 5.11 Å². The van der Waals surface area contributed by atoms with Gasteiger partial charge in [-0.25, -0.2) is 4.79 Å². The van der Waals surface area contributed by atoms with E-state index >= 15 is 0 Å². The normalized spacial score (nSPS) is 27.8. The molecule has 3 N–H and O–H groups in total. The number of aromatic amines is 1. The predicted octanol–water partition coefficient (Wildman–Crippen LogP) is -1.01. The first kappa shape index (κ1) is 12.4. The van der Waals surface area contributed by atoms with Crippen molar-refractivity contribution in [3.63, 3.8) is 0 Å². The Kier molecular flexibility index (Phi) is 3.15. The number of nitrogens with one attached hydrogen (secondary N) is 1. The van der Waals surface area contributed by atoms with Crippen LogP contribution in [0.25, 0.3) is 0 Å². The molecule has 6 nitrogen and oxygen atoms in total. The minimum absolute atomic E-state index is 0.0174. The summed E-state index contributed by atoms with van der Waals surface area (Å²) in [5.41, 5.74) is -0.522. The number of aryl methyl sites for hydroxylation is 1. The second-order valence-corrected chi connectivity index (χ2v) is 5.83. The molecule has 0 unspecified atom stereocenters. The summed E-state index contributed by atoms with van der Waals surface area (Å²) in [6, 6.07) is 0. The minimum Gasteiger partial charge on any atom is -0.395 e. The van der Waals surface area contributed by atoms with E-state index in [2.05, 4.69) is 4.98 Å². The van der Waals surface area contributed by atoms with Crippen molar-refractivity contribution in [2.24, 2.45) is 0 Å². The number of H-pyrrole nitrogens is 1. The van der Waals surface area contributed by atoms with Gasteiger partial charge in [-0.1, -0.05) is 0 Å². The molecule has 1 saturated heterocycles. The molecule has 1 aromatic rings. The first-order valence-corrected chi connectivity index (χ1v) is 6.13. The summed E-state index contributed by atoms with van der Waals surface area (Å²) in [6.07, 6.45) is 1.97. The van der Waals surface area contributed by atoms with Crippen LogP contribution in [0.1, 0.15) is 12.0 Å². The molecule has 0 bridgehead atoms. The summed E-state index contributed by atoms with van der Waals surface area (Å²) in [5, 5.41) is 18.4. The molecule has 7 heteroatoms. The largest absolute Gasteiger partial charge is 0.395 e. The predicted molar refractivity (Wildman–Crippen MR) is 64.2 cm³/mol. The van der Waals surface area contributed by atoms with Crippen molar-refractivity contribution in [3.8, 4) is 0 Å². The van der Waals surface area contributed by atoms with Crippen LogP contribution in [0, 0.1) is 6.92 Å². The summed E-state index contributed by atoms with van der Waals surface area (Å²) in [6.45, 7) is 1.41. The molecule has 0 aliphatic carbocycles. The molecule has 1 fully saturated rings. The van der Waals surface area contributed by atoms with Gasteiger partial charge in [-0.2, -0.15) is 0 Å². The molecule has 0 amide bonds. The molecule has 0 aromatic carbocycles. The second-order valence-electron chi connectivity index (χ2n) is 4.17. The number of aromatic nitrogens is 2. The number of thioether (sulfide) groups is 1. The van der Waals surface area contributed by atoms with Crippen LogP contribution in [-0.2, 0) is 4.87 Å². The standard InChI is InChI=1S/C10H14N2O4S/c1-6-3-12(9(16)11-8(6)15)10(5-14)2-7(4-13)17-10/h3,7,13-14H,2,4-5H2,1H3,(H,11,15,16)/t7-,10-/m0/s1. The zero-order chi connectivity index (χ0) is 12.6. The van der Waals surface area contributed by atoms with Gasteiger partial charge in [0.05, 0.1) is 13.2 Å². The van der Waals surface area contributed by atoms with Gasteiger partial charge in [0.1, 0.15) is 4.87 Å². The van der Waals surface area contributed by atoms with Crippen molar-refractivity contribution in [1.82, 2.24) is 9.55 Å². The number of aliphatic hydroxyl groups is 2. The van der Waals surface area contributed by atoms with Gasteiger partial charge in [-0.15, -0.1) is 11.8 Å². The molecule has 0 saturated carbocycles. The number of nitrogens with zero attached hydrogens (tertiary/aromatic N) is 1. The van der Waals surface area contributed by atoms with Crippen LogP contribution in [0.5, 0.6) is 0 Å². The van der Waals surface area contributed by atoms with Crippen molar-refractivity contribution in [2.75, 3.05) is 13.2 Å². The molecular formula is C10H14N2O4S. The summed E-state index contributed by atoms with van der Waals surface area (Å²) >= 11 is 1.34. The maximum atomic E-state index is 11.7. The summed E-state index contributed by atoms with van der Waals surface area (Å²) < 4.78 is 1.35. The number of hydrogen-bond acceptors (Lipinski definition) is 5. The Balaban J connectivity index is 2.43. The Hall–Kier alpha value is -1.05. The maximum Gasteiger partial charge on any atom is 0.329 e. The van der Waals surface area contributed by atoms with Gasteiger partial charge in [-0.3, -0.25) is 14.3 Å². The van der Waals surface area contributed by atoms with Crippen LogP contribution in [-0.4, -0.2) is 38.2 Å². The van der Waals surface area contributed by atoms with Crippen molar-refractivity contribution in [3.05, 3.63) is 32.6 Å². The van der Waals surface area contributed by atoms with E-state index in [0.717, 1.165) is 0 Å². The summed E-state index contributed by atoms with van der Waals surface area (Å²) in [7, 11) is 0. The van der Waals surface area contributed by atoms with Crippen LogP contribution in [0.3, 0.4) is 0 Å². The van der Waals surface area contributed by atoms with E-state index in [-0.39, 0.29) is 18.5 Å². The smallest absolute Gasteiger partial charge is 0.329 e. The molecular weight excluding hydrogens is 244 g/mol. The van der Waals surface area contributed by atoms with E-state index in [1.807, 2.05) is 0 Å². The van der Waals surface area contributed by atoms with E-state index in [1.165, 1.54) is 22.5 Å². The van der Waals surface area contributed by atoms with Crippen LogP contribution >= 0.6 is 11.8 Å². The average molecular weight is 258 g/mol. The van der Waals surface area contributed by atoms with Crippen LogP contribution in [0.2, 0.25) is 0 Å². The zero-order valence-corrected chi connectivity index (χ0v) is 10.2. The van der Waals surface area contributed by atoms with Crippen LogP contribution < -0.4 is 11.2 Å². The minimum atomic E-state index is -0.751. The Labute approximate surface area is 101 Å². The van der Waals surface area contributed by atoms with E-state index in [1.54, 1.807) is 6.92 Å². The molecule has 2 atom stereocenters. The molecule has 0 radical (unpaired) electrons. The monoisotopic (exact) mass is 258 g/mol. The highest BCUT2D eigenvalue weighted by atomic mass is 32.2. The Morgan fingerprint density at radius 1 is 1.59 bits per heavy atom. The average Bonchev–Trinajstić information content (AvgIpc) is 2.24. The van der Waals surface area contributed by atoms with Gasteiger partial charge in [0.15, 0.2) is 0 Å². The van der Waals surface area contributed by atoms with Gasteiger partial charge < -0.3 is 10.2 Å². The van der Waals surface area contributed by atoms with E-state index in [0.29, 0.717) is 12.0 Å². The zero-order valence-electron chi connectivity index (χ0n) is 9.34. The lowest BCUT2D eigenvalue weighted by Crippen LogP contribution is -2.53. The Morgan fingerprint density at radius 3 is 2.76 bits per heavy atom. The first-order chi connectivity index (χ1) is 8.02. The first-order valence-electron chi connectivity index (χ1n) is 5.25. The fraction of sp³-hybridized carbons (Fsp3) is 0.600. The molecule has 2 heterocycles. The molecule has 1 aliphatic rings. The van der Waals surface area contributed by atoms with Gasteiger partial charge in [-0.05, 0) is 13.3 Å². The van der Waals surface area contributed by atoms with Gasteiger partial charge >= 0.3 is 5.69 Å². The van der Waals surface area contributed by atoms with Crippen molar-refractivity contribution in [1.29, 1.82) is 0 Å².